The van der Waals surface area contributed by atoms with E-state index in [2.05, 4.69) is 34.2 Å². The predicted molar refractivity (Wildman–Crippen MR) is 105 cm³/mol. The molecule has 0 spiro atoms. The fourth-order valence-corrected chi connectivity index (χ4v) is 3.37. The predicted octanol–water partition coefficient (Wildman–Crippen LogP) is 4.11. The Bertz CT molecular complexity index is 830. The molecule has 0 N–H and O–H groups in total. The molecule has 1 fully saturated rings. The Labute approximate surface area is 165 Å². The molecule has 0 amide bonds. The van der Waals surface area contributed by atoms with Gasteiger partial charge in [-0.2, -0.15) is 0 Å². The van der Waals surface area contributed by atoms with E-state index in [-0.39, 0.29) is 18.3 Å². The number of benzene rings is 2. The van der Waals surface area contributed by atoms with Crippen LogP contribution in [-0.2, 0) is 27.4 Å². The van der Waals surface area contributed by atoms with Crippen molar-refractivity contribution in [1.29, 1.82) is 0 Å². The van der Waals surface area contributed by atoms with Crippen molar-refractivity contribution in [3.05, 3.63) is 96.1 Å². The zero-order valence-corrected chi connectivity index (χ0v) is 15.7. The molecular weight excluding hydrogens is 352 g/mol. The second kappa shape index (κ2) is 9.55. The van der Waals surface area contributed by atoms with Gasteiger partial charge in [-0.3, -0.25) is 0 Å². The summed E-state index contributed by atoms with van der Waals surface area (Å²) in [4.78, 5) is 8.33. The summed E-state index contributed by atoms with van der Waals surface area (Å²) in [6.45, 7) is 1.60. The van der Waals surface area contributed by atoms with Crippen molar-refractivity contribution in [3.8, 4) is 0 Å². The zero-order valence-electron chi connectivity index (χ0n) is 15.7. The lowest BCUT2D eigenvalue weighted by Crippen LogP contribution is -2.29. The van der Waals surface area contributed by atoms with E-state index < -0.39 is 0 Å². The first kappa shape index (κ1) is 18.7. The van der Waals surface area contributed by atoms with E-state index in [1.165, 1.54) is 0 Å². The van der Waals surface area contributed by atoms with Crippen LogP contribution >= 0.6 is 0 Å². The average molecular weight is 376 g/mol. The van der Waals surface area contributed by atoms with Crippen molar-refractivity contribution in [2.45, 2.75) is 37.9 Å². The van der Waals surface area contributed by atoms with Gasteiger partial charge in [0.15, 0.2) is 0 Å². The molecule has 2 aromatic carbocycles. The van der Waals surface area contributed by atoms with E-state index in [1.807, 2.05) is 42.5 Å². The molecular formula is C23H24N2O3. The number of ether oxygens (including phenoxy) is 3. The van der Waals surface area contributed by atoms with E-state index >= 15 is 0 Å². The smallest absolute Gasteiger partial charge is 0.115 e. The van der Waals surface area contributed by atoms with Crippen LogP contribution in [0, 0.1) is 0 Å². The van der Waals surface area contributed by atoms with E-state index in [9.17, 15) is 0 Å². The van der Waals surface area contributed by atoms with Crippen LogP contribution in [-0.4, -0.2) is 28.8 Å². The van der Waals surface area contributed by atoms with Crippen LogP contribution in [0.3, 0.4) is 0 Å². The van der Waals surface area contributed by atoms with Crippen LogP contribution in [0.25, 0.3) is 0 Å². The van der Waals surface area contributed by atoms with Gasteiger partial charge in [-0.1, -0.05) is 60.7 Å². The molecule has 0 bridgehead atoms. The van der Waals surface area contributed by atoms with Crippen molar-refractivity contribution in [3.63, 3.8) is 0 Å². The van der Waals surface area contributed by atoms with Crippen LogP contribution in [0.15, 0.2) is 79.3 Å². The Morgan fingerprint density at radius 3 is 2.29 bits per heavy atom. The van der Waals surface area contributed by atoms with Crippen molar-refractivity contribution in [1.82, 2.24) is 9.97 Å². The summed E-state index contributed by atoms with van der Waals surface area (Å²) >= 11 is 0. The highest BCUT2D eigenvalue weighted by Crippen LogP contribution is 2.34. The van der Waals surface area contributed by atoms with Crippen molar-refractivity contribution < 1.29 is 14.2 Å². The summed E-state index contributed by atoms with van der Waals surface area (Å²) in [5.41, 5.74) is 3.18. The van der Waals surface area contributed by atoms with Gasteiger partial charge >= 0.3 is 0 Å². The second-order valence-corrected chi connectivity index (χ2v) is 6.87. The minimum absolute atomic E-state index is 0.0454. The summed E-state index contributed by atoms with van der Waals surface area (Å²) < 4.78 is 18.4. The summed E-state index contributed by atoms with van der Waals surface area (Å²) in [6, 6.07) is 22.2. The molecule has 4 rings (SSSR count). The first-order valence-corrected chi connectivity index (χ1v) is 9.57. The zero-order chi connectivity index (χ0) is 19.0. The van der Waals surface area contributed by atoms with E-state index in [0.717, 1.165) is 23.2 Å². The lowest BCUT2D eigenvalue weighted by atomic mass is 10.1. The van der Waals surface area contributed by atoms with Crippen LogP contribution in [0.2, 0.25) is 0 Å². The van der Waals surface area contributed by atoms with Crippen molar-refractivity contribution >= 4 is 0 Å². The van der Waals surface area contributed by atoms with Crippen LogP contribution in [0.4, 0.5) is 0 Å². The van der Waals surface area contributed by atoms with Gasteiger partial charge in [0.2, 0.25) is 0 Å². The van der Waals surface area contributed by atoms with Crippen molar-refractivity contribution in [2.24, 2.45) is 0 Å². The number of hydrogen-bond acceptors (Lipinski definition) is 5. The molecule has 5 nitrogen and oxygen atoms in total. The van der Waals surface area contributed by atoms with Gasteiger partial charge in [-0.25, -0.2) is 9.97 Å². The van der Waals surface area contributed by atoms with Gasteiger partial charge < -0.3 is 14.2 Å². The minimum atomic E-state index is -0.132. The van der Waals surface area contributed by atoms with Gasteiger partial charge in [0, 0.05) is 12.6 Å². The van der Waals surface area contributed by atoms with E-state index in [1.54, 1.807) is 12.5 Å². The van der Waals surface area contributed by atoms with Gasteiger partial charge in [-0.05, 0) is 17.2 Å². The summed E-state index contributed by atoms with van der Waals surface area (Å²) in [5.74, 6) is 0. The van der Waals surface area contributed by atoms with Crippen LogP contribution in [0.1, 0.15) is 29.3 Å². The number of aromatic nitrogens is 2. The summed E-state index contributed by atoms with van der Waals surface area (Å²) in [7, 11) is 0. The van der Waals surface area contributed by atoms with Gasteiger partial charge in [0.25, 0.3) is 0 Å². The molecule has 144 valence electrons. The Hall–Kier alpha value is -2.60. The summed E-state index contributed by atoms with van der Waals surface area (Å²) in [6.07, 6.45) is 3.77. The number of hydrogen-bond donors (Lipinski definition) is 0. The molecule has 3 atom stereocenters. The fraction of sp³-hybridized carbons (Fsp3) is 0.304. The normalized spacial score (nSPS) is 21.6. The highest BCUT2D eigenvalue weighted by atomic mass is 16.6. The number of rotatable bonds is 8. The Morgan fingerprint density at radius 2 is 1.61 bits per heavy atom. The average Bonchev–Trinajstić information content (AvgIpc) is 3.17. The molecule has 0 unspecified atom stereocenters. The largest absolute Gasteiger partial charge is 0.374 e. The molecule has 0 saturated carbocycles. The first-order chi connectivity index (χ1) is 13.9. The lowest BCUT2D eigenvalue weighted by molar-refractivity contribution is -0.0720. The van der Waals surface area contributed by atoms with Gasteiger partial charge in [0.1, 0.15) is 18.5 Å². The highest BCUT2D eigenvalue weighted by Gasteiger charge is 2.37. The Morgan fingerprint density at radius 1 is 0.893 bits per heavy atom. The first-order valence-electron chi connectivity index (χ1n) is 9.57. The Kier molecular flexibility index (Phi) is 6.40. The molecule has 5 heteroatoms. The molecule has 2 heterocycles. The number of nitrogens with zero attached hydrogens (tertiary/aromatic N) is 2. The monoisotopic (exact) mass is 376 g/mol. The van der Waals surface area contributed by atoms with Crippen LogP contribution in [0.5, 0.6) is 0 Å². The highest BCUT2D eigenvalue weighted by molar-refractivity contribution is 5.14. The molecule has 1 aromatic heterocycles. The van der Waals surface area contributed by atoms with Gasteiger partial charge in [0.05, 0.1) is 31.6 Å². The third-order valence-electron chi connectivity index (χ3n) is 4.84. The van der Waals surface area contributed by atoms with E-state index in [4.69, 9.17) is 14.2 Å². The molecule has 1 saturated heterocycles. The molecule has 28 heavy (non-hydrogen) atoms. The SMILES string of the molecule is c1ccc(COC[C@H]2O[C@@H](c3ccncn3)C[C@@H]2OCc2ccccc2)cc1. The maximum absolute atomic E-state index is 6.25. The van der Waals surface area contributed by atoms with Crippen LogP contribution < -0.4 is 0 Å². The summed E-state index contributed by atoms with van der Waals surface area (Å²) in [5, 5.41) is 0. The second-order valence-electron chi connectivity index (χ2n) is 6.87. The van der Waals surface area contributed by atoms with Gasteiger partial charge in [-0.15, -0.1) is 0 Å². The molecule has 0 aliphatic carbocycles. The van der Waals surface area contributed by atoms with Crippen molar-refractivity contribution in [2.75, 3.05) is 6.61 Å². The molecule has 1 aliphatic heterocycles. The third-order valence-corrected chi connectivity index (χ3v) is 4.84. The van der Waals surface area contributed by atoms with E-state index in [0.29, 0.717) is 19.8 Å². The third kappa shape index (κ3) is 5.01. The standard InChI is InChI=1S/C23H24N2O3/c1-3-7-18(8-4-1)14-26-16-23-22(27-15-19-9-5-2-6-10-19)13-21(28-23)20-11-12-24-17-25-20/h1-12,17,21-23H,13-16H2/t21-,22+,23-/m1/s1. The molecule has 0 radical (unpaired) electrons. The minimum Gasteiger partial charge on any atom is -0.374 e. The quantitative estimate of drug-likeness (QED) is 0.592. The lowest BCUT2D eigenvalue weighted by Gasteiger charge is -2.19. The Balaban J connectivity index is 1.38. The maximum Gasteiger partial charge on any atom is 0.115 e. The fourth-order valence-electron chi connectivity index (χ4n) is 3.37. The topological polar surface area (TPSA) is 53.5 Å². The molecule has 3 aromatic rings. The maximum atomic E-state index is 6.25. The molecule has 1 aliphatic rings.